The van der Waals surface area contributed by atoms with E-state index in [4.69, 9.17) is 4.74 Å². The van der Waals surface area contributed by atoms with Gasteiger partial charge in [0.15, 0.2) is 0 Å². The zero-order valence-electron chi connectivity index (χ0n) is 9.15. The zero-order valence-corrected chi connectivity index (χ0v) is 11.3. The molecule has 0 aromatic heterocycles. The molecule has 1 fully saturated rings. The number of nitrogens with zero attached hydrogens (tertiary/aromatic N) is 1. The van der Waals surface area contributed by atoms with Crippen molar-refractivity contribution in [2.45, 2.75) is 12.5 Å². The third kappa shape index (κ3) is 2.55. The van der Waals surface area contributed by atoms with E-state index in [0.29, 0.717) is 6.61 Å². The van der Waals surface area contributed by atoms with Crippen LogP contribution in [0.1, 0.15) is 16.8 Å². The van der Waals surface area contributed by atoms with Gasteiger partial charge in [0.25, 0.3) is 5.91 Å². The summed E-state index contributed by atoms with van der Waals surface area (Å²) in [5.74, 6) is 0.0778. The van der Waals surface area contributed by atoms with Crippen molar-refractivity contribution in [3.63, 3.8) is 0 Å². The number of carbonyl (C=O) groups excluding carboxylic acids is 1. The lowest BCUT2D eigenvalue weighted by atomic mass is 10.1. The predicted octanol–water partition coefficient (Wildman–Crippen LogP) is 2.15. The minimum absolute atomic E-state index is 0.0778. The van der Waals surface area contributed by atoms with Gasteiger partial charge in [-0.2, -0.15) is 0 Å². The molecule has 0 aliphatic carbocycles. The van der Waals surface area contributed by atoms with Crippen LogP contribution >= 0.6 is 22.6 Å². The Bertz CT molecular complexity index is 388. The molecule has 1 unspecified atom stereocenters. The SMILES string of the molecule is CN(C(=O)c1cccc(I)c1)C1CCOC1. The lowest BCUT2D eigenvalue weighted by molar-refractivity contribution is 0.0711. The number of rotatable bonds is 2. The van der Waals surface area contributed by atoms with E-state index >= 15 is 0 Å². The van der Waals surface area contributed by atoms with Crippen LogP contribution in [0.25, 0.3) is 0 Å². The first kappa shape index (κ1) is 11.9. The molecule has 1 amide bonds. The van der Waals surface area contributed by atoms with Gasteiger partial charge in [-0.15, -0.1) is 0 Å². The van der Waals surface area contributed by atoms with Gasteiger partial charge in [0.1, 0.15) is 0 Å². The molecule has 2 rings (SSSR count). The maximum Gasteiger partial charge on any atom is 0.253 e. The Balaban J connectivity index is 2.12. The van der Waals surface area contributed by atoms with Gasteiger partial charge in [0.2, 0.25) is 0 Å². The van der Waals surface area contributed by atoms with Gasteiger partial charge in [-0.3, -0.25) is 4.79 Å². The molecule has 16 heavy (non-hydrogen) atoms. The molecule has 1 atom stereocenters. The molecule has 1 aliphatic heterocycles. The highest BCUT2D eigenvalue weighted by atomic mass is 127. The van der Waals surface area contributed by atoms with Crippen LogP contribution in [0.4, 0.5) is 0 Å². The molecule has 86 valence electrons. The molecule has 0 N–H and O–H groups in total. The molecular weight excluding hydrogens is 317 g/mol. The van der Waals surface area contributed by atoms with Crippen LogP contribution in [-0.2, 0) is 4.74 Å². The quantitative estimate of drug-likeness (QED) is 0.778. The van der Waals surface area contributed by atoms with Gasteiger partial charge in [-0.05, 0) is 47.2 Å². The number of halogens is 1. The predicted molar refractivity (Wildman–Crippen MR) is 70.5 cm³/mol. The number of likely N-dealkylation sites (N-methyl/N-ethyl adjacent to an activating group) is 1. The van der Waals surface area contributed by atoms with E-state index in [-0.39, 0.29) is 11.9 Å². The van der Waals surface area contributed by atoms with Crippen molar-refractivity contribution < 1.29 is 9.53 Å². The Kier molecular flexibility index (Phi) is 3.81. The molecule has 4 heteroatoms. The summed E-state index contributed by atoms with van der Waals surface area (Å²) in [6, 6.07) is 7.89. The second kappa shape index (κ2) is 5.14. The monoisotopic (exact) mass is 331 g/mol. The summed E-state index contributed by atoms with van der Waals surface area (Å²) in [6.07, 6.45) is 0.937. The lowest BCUT2D eigenvalue weighted by Gasteiger charge is -2.23. The van der Waals surface area contributed by atoms with Crippen molar-refractivity contribution in [2.75, 3.05) is 20.3 Å². The maximum atomic E-state index is 12.2. The van der Waals surface area contributed by atoms with Crippen LogP contribution in [0.5, 0.6) is 0 Å². The summed E-state index contributed by atoms with van der Waals surface area (Å²) >= 11 is 2.22. The molecule has 0 bridgehead atoms. The van der Waals surface area contributed by atoms with Crippen LogP contribution < -0.4 is 0 Å². The minimum Gasteiger partial charge on any atom is -0.379 e. The third-order valence-electron chi connectivity index (χ3n) is 2.85. The smallest absolute Gasteiger partial charge is 0.253 e. The van der Waals surface area contributed by atoms with Gasteiger partial charge < -0.3 is 9.64 Å². The Morgan fingerprint density at radius 1 is 1.56 bits per heavy atom. The average Bonchev–Trinajstić information content (AvgIpc) is 2.80. The van der Waals surface area contributed by atoms with Crippen LogP contribution in [0.15, 0.2) is 24.3 Å². The minimum atomic E-state index is 0.0778. The molecule has 3 nitrogen and oxygen atoms in total. The Morgan fingerprint density at radius 2 is 2.38 bits per heavy atom. The summed E-state index contributed by atoms with van der Waals surface area (Å²) in [7, 11) is 1.85. The fourth-order valence-corrected chi connectivity index (χ4v) is 2.36. The van der Waals surface area contributed by atoms with E-state index in [2.05, 4.69) is 22.6 Å². The van der Waals surface area contributed by atoms with Gasteiger partial charge >= 0.3 is 0 Å². The Hall–Kier alpha value is -0.620. The fourth-order valence-electron chi connectivity index (χ4n) is 1.82. The first-order valence-corrected chi connectivity index (χ1v) is 6.37. The van der Waals surface area contributed by atoms with Gasteiger partial charge in [-0.1, -0.05) is 6.07 Å². The second-order valence-electron chi connectivity index (χ2n) is 3.94. The van der Waals surface area contributed by atoms with Crippen LogP contribution in [0.2, 0.25) is 0 Å². The summed E-state index contributed by atoms with van der Waals surface area (Å²) in [6.45, 7) is 1.42. The highest BCUT2D eigenvalue weighted by molar-refractivity contribution is 14.1. The molecule has 1 aromatic rings. The molecule has 1 saturated heterocycles. The molecule has 1 aromatic carbocycles. The van der Waals surface area contributed by atoms with Crippen molar-refractivity contribution in [2.24, 2.45) is 0 Å². The number of ether oxygens (including phenoxy) is 1. The molecule has 0 spiro atoms. The summed E-state index contributed by atoms with van der Waals surface area (Å²) in [4.78, 5) is 13.9. The van der Waals surface area contributed by atoms with E-state index in [1.165, 1.54) is 0 Å². The Morgan fingerprint density at radius 3 is 3.00 bits per heavy atom. The fraction of sp³-hybridized carbons (Fsp3) is 0.417. The van der Waals surface area contributed by atoms with Gasteiger partial charge in [-0.25, -0.2) is 0 Å². The summed E-state index contributed by atoms with van der Waals surface area (Å²) < 4.78 is 6.38. The third-order valence-corrected chi connectivity index (χ3v) is 3.52. The number of carbonyl (C=O) groups is 1. The molecule has 1 heterocycles. The zero-order chi connectivity index (χ0) is 11.5. The van der Waals surface area contributed by atoms with Crippen molar-refractivity contribution in [3.8, 4) is 0 Å². The standard InChI is InChI=1S/C12H14INO2/c1-14(11-5-6-16-8-11)12(15)9-3-2-4-10(13)7-9/h2-4,7,11H,5-6,8H2,1H3. The number of hydrogen-bond acceptors (Lipinski definition) is 2. The highest BCUT2D eigenvalue weighted by Gasteiger charge is 2.24. The van der Waals surface area contributed by atoms with Gasteiger partial charge in [0, 0.05) is 22.8 Å². The normalized spacial score (nSPS) is 19.8. The number of benzene rings is 1. The first-order chi connectivity index (χ1) is 7.68. The van der Waals surface area contributed by atoms with E-state index in [1.807, 2.05) is 31.3 Å². The first-order valence-electron chi connectivity index (χ1n) is 5.29. The van der Waals surface area contributed by atoms with E-state index in [0.717, 1.165) is 22.2 Å². The Labute approximate surface area is 109 Å². The van der Waals surface area contributed by atoms with Crippen molar-refractivity contribution in [3.05, 3.63) is 33.4 Å². The van der Waals surface area contributed by atoms with Crippen LogP contribution in [-0.4, -0.2) is 37.1 Å². The van der Waals surface area contributed by atoms with E-state index in [9.17, 15) is 4.79 Å². The molecule has 1 aliphatic rings. The van der Waals surface area contributed by atoms with Crippen molar-refractivity contribution in [1.82, 2.24) is 4.90 Å². The molecule has 0 saturated carbocycles. The largest absolute Gasteiger partial charge is 0.379 e. The number of amides is 1. The van der Waals surface area contributed by atoms with Crippen molar-refractivity contribution >= 4 is 28.5 Å². The van der Waals surface area contributed by atoms with Gasteiger partial charge in [0.05, 0.1) is 12.6 Å². The van der Waals surface area contributed by atoms with E-state index in [1.54, 1.807) is 4.90 Å². The molecule has 0 radical (unpaired) electrons. The highest BCUT2D eigenvalue weighted by Crippen LogP contribution is 2.15. The second-order valence-corrected chi connectivity index (χ2v) is 5.19. The summed E-state index contributed by atoms with van der Waals surface area (Å²) in [5, 5.41) is 0. The lowest BCUT2D eigenvalue weighted by Crippen LogP contribution is -2.37. The average molecular weight is 331 g/mol. The van der Waals surface area contributed by atoms with Crippen LogP contribution in [0.3, 0.4) is 0 Å². The topological polar surface area (TPSA) is 29.5 Å². The number of hydrogen-bond donors (Lipinski definition) is 0. The van der Waals surface area contributed by atoms with Crippen LogP contribution in [0, 0.1) is 3.57 Å². The molecular formula is C12H14INO2. The van der Waals surface area contributed by atoms with E-state index < -0.39 is 0 Å². The van der Waals surface area contributed by atoms with Crippen molar-refractivity contribution in [1.29, 1.82) is 0 Å². The maximum absolute atomic E-state index is 12.2. The summed E-state index contributed by atoms with van der Waals surface area (Å²) in [5.41, 5.74) is 0.751.